The van der Waals surface area contributed by atoms with Crippen LogP contribution in [0.1, 0.15) is 39.2 Å². The van der Waals surface area contributed by atoms with Gasteiger partial charge in [0.2, 0.25) is 15.9 Å². The maximum Gasteiger partial charge on any atom is 0.224 e. The molecule has 1 unspecified atom stereocenters. The molecule has 1 aliphatic heterocycles. The van der Waals surface area contributed by atoms with Crippen LogP contribution in [0, 0.1) is 5.92 Å². The van der Waals surface area contributed by atoms with Crippen LogP contribution in [-0.2, 0) is 20.6 Å². The van der Waals surface area contributed by atoms with Gasteiger partial charge in [0.15, 0.2) is 0 Å². The van der Waals surface area contributed by atoms with Crippen molar-refractivity contribution < 1.29 is 13.2 Å². The van der Waals surface area contributed by atoms with Gasteiger partial charge in [0.05, 0.1) is 11.7 Å². The Kier molecular flexibility index (Phi) is 6.41. The summed E-state index contributed by atoms with van der Waals surface area (Å²) in [5.41, 5.74) is 0.0515. The number of nitrogens with zero attached hydrogens (tertiary/aromatic N) is 1. The highest BCUT2D eigenvalue weighted by Crippen LogP contribution is 2.29. The number of hydrogen-bond donors (Lipinski definition) is 1. The van der Waals surface area contributed by atoms with Crippen molar-refractivity contribution in [3.8, 4) is 0 Å². The second-order valence-electron chi connectivity index (χ2n) is 7.39. The van der Waals surface area contributed by atoms with E-state index in [0.717, 1.165) is 0 Å². The van der Waals surface area contributed by atoms with E-state index in [4.69, 9.17) is 23.2 Å². The molecule has 8 heteroatoms. The van der Waals surface area contributed by atoms with Crippen molar-refractivity contribution in [3.63, 3.8) is 0 Å². The van der Waals surface area contributed by atoms with E-state index in [2.05, 4.69) is 5.32 Å². The SMILES string of the molecule is CC(C)(C)NC(=O)C1CCCN(S(=O)(=O)Cc2c(Cl)cccc2Cl)C1. The lowest BCUT2D eigenvalue weighted by atomic mass is 9.97. The van der Waals surface area contributed by atoms with Crippen molar-refractivity contribution >= 4 is 39.1 Å². The third kappa shape index (κ3) is 5.58. The summed E-state index contributed by atoms with van der Waals surface area (Å²) in [5, 5.41) is 3.58. The molecule has 1 aliphatic rings. The molecular weight excluding hydrogens is 383 g/mol. The van der Waals surface area contributed by atoms with Crippen LogP contribution in [0.25, 0.3) is 0 Å². The lowest BCUT2D eigenvalue weighted by Gasteiger charge is -2.33. The average Bonchev–Trinajstić information content (AvgIpc) is 2.50. The molecule has 0 radical (unpaired) electrons. The highest BCUT2D eigenvalue weighted by molar-refractivity contribution is 7.88. The summed E-state index contributed by atoms with van der Waals surface area (Å²) in [6.07, 6.45) is 1.33. The molecular formula is C17H24Cl2N2O3S. The van der Waals surface area contributed by atoms with Crippen LogP contribution in [0.5, 0.6) is 0 Å². The molecule has 0 spiro atoms. The molecule has 2 rings (SSSR count). The zero-order valence-electron chi connectivity index (χ0n) is 14.7. The lowest BCUT2D eigenvalue weighted by Crippen LogP contribution is -2.49. The number of amides is 1. The number of carbonyl (C=O) groups excluding carboxylic acids is 1. The van der Waals surface area contributed by atoms with Crippen molar-refractivity contribution in [1.82, 2.24) is 9.62 Å². The van der Waals surface area contributed by atoms with E-state index in [1.54, 1.807) is 18.2 Å². The predicted molar refractivity (Wildman–Crippen MR) is 101 cm³/mol. The van der Waals surface area contributed by atoms with E-state index in [9.17, 15) is 13.2 Å². The highest BCUT2D eigenvalue weighted by Gasteiger charge is 2.34. The summed E-state index contributed by atoms with van der Waals surface area (Å²) >= 11 is 12.2. The molecule has 1 aromatic rings. The maximum atomic E-state index is 12.8. The van der Waals surface area contributed by atoms with Crippen LogP contribution in [0.3, 0.4) is 0 Å². The molecule has 1 N–H and O–H groups in total. The van der Waals surface area contributed by atoms with Gasteiger partial charge in [0.1, 0.15) is 0 Å². The number of sulfonamides is 1. The number of piperidine rings is 1. The monoisotopic (exact) mass is 406 g/mol. The minimum Gasteiger partial charge on any atom is -0.351 e. The molecule has 1 amide bonds. The number of halogens is 2. The third-order valence-corrected chi connectivity index (χ3v) is 6.52. The van der Waals surface area contributed by atoms with Gasteiger partial charge in [0.25, 0.3) is 0 Å². The van der Waals surface area contributed by atoms with Crippen molar-refractivity contribution in [3.05, 3.63) is 33.8 Å². The lowest BCUT2D eigenvalue weighted by molar-refractivity contribution is -0.127. The average molecular weight is 407 g/mol. The van der Waals surface area contributed by atoms with Gasteiger partial charge in [-0.25, -0.2) is 12.7 Å². The van der Waals surface area contributed by atoms with Gasteiger partial charge >= 0.3 is 0 Å². The molecule has 0 bridgehead atoms. The number of carbonyl (C=O) groups is 1. The second-order valence-corrected chi connectivity index (χ2v) is 10.2. The van der Waals surface area contributed by atoms with Gasteiger partial charge < -0.3 is 5.32 Å². The van der Waals surface area contributed by atoms with E-state index >= 15 is 0 Å². The van der Waals surface area contributed by atoms with Crippen molar-refractivity contribution in [2.24, 2.45) is 5.92 Å². The first-order valence-corrected chi connectivity index (χ1v) is 10.6. The highest BCUT2D eigenvalue weighted by atomic mass is 35.5. The smallest absolute Gasteiger partial charge is 0.224 e. The van der Waals surface area contributed by atoms with Gasteiger partial charge in [-0.15, -0.1) is 0 Å². The molecule has 0 saturated carbocycles. The quantitative estimate of drug-likeness (QED) is 0.832. The van der Waals surface area contributed by atoms with Crippen LogP contribution < -0.4 is 5.32 Å². The summed E-state index contributed by atoms with van der Waals surface area (Å²) in [7, 11) is -3.61. The molecule has 140 valence electrons. The molecule has 1 fully saturated rings. The van der Waals surface area contributed by atoms with Gasteiger partial charge in [-0.2, -0.15) is 0 Å². The van der Waals surface area contributed by atoms with Gasteiger partial charge in [-0.1, -0.05) is 29.3 Å². The topological polar surface area (TPSA) is 66.5 Å². The first kappa shape index (κ1) is 20.5. The molecule has 1 heterocycles. The van der Waals surface area contributed by atoms with Crippen LogP contribution in [0.2, 0.25) is 10.0 Å². The van der Waals surface area contributed by atoms with Crippen LogP contribution in [0.4, 0.5) is 0 Å². The Hall–Kier alpha value is -0.820. The van der Waals surface area contributed by atoms with E-state index in [0.29, 0.717) is 35.0 Å². The molecule has 1 atom stereocenters. The largest absolute Gasteiger partial charge is 0.351 e. The van der Waals surface area contributed by atoms with E-state index in [-0.39, 0.29) is 29.7 Å². The summed E-state index contributed by atoms with van der Waals surface area (Å²) in [6, 6.07) is 4.91. The van der Waals surface area contributed by atoms with Crippen molar-refractivity contribution in [1.29, 1.82) is 0 Å². The van der Waals surface area contributed by atoms with Crippen LogP contribution in [-0.4, -0.2) is 37.3 Å². The van der Waals surface area contributed by atoms with E-state index in [1.807, 2.05) is 20.8 Å². The first-order chi connectivity index (χ1) is 11.5. The van der Waals surface area contributed by atoms with Gasteiger partial charge in [0, 0.05) is 34.2 Å². The van der Waals surface area contributed by atoms with Crippen molar-refractivity contribution in [2.45, 2.75) is 44.9 Å². The number of hydrogen-bond acceptors (Lipinski definition) is 3. The third-order valence-electron chi connectivity index (χ3n) is 4.03. The summed E-state index contributed by atoms with van der Waals surface area (Å²) in [4.78, 5) is 12.4. The molecule has 0 aromatic heterocycles. The molecule has 1 aromatic carbocycles. The number of rotatable bonds is 4. The van der Waals surface area contributed by atoms with Crippen LogP contribution in [0.15, 0.2) is 18.2 Å². The zero-order chi connectivity index (χ0) is 18.8. The van der Waals surface area contributed by atoms with Gasteiger partial charge in [-0.05, 0) is 45.7 Å². The fourth-order valence-electron chi connectivity index (χ4n) is 2.82. The standard InChI is InChI=1S/C17H24Cl2N2O3S/c1-17(2,3)20-16(22)12-6-5-9-21(10-12)25(23,24)11-13-14(18)7-4-8-15(13)19/h4,7-8,12H,5-6,9-11H2,1-3H3,(H,20,22). The normalized spacial score (nSPS) is 19.6. The summed E-state index contributed by atoms with van der Waals surface area (Å²) in [6.45, 7) is 6.31. The van der Waals surface area contributed by atoms with Crippen molar-refractivity contribution in [2.75, 3.05) is 13.1 Å². The van der Waals surface area contributed by atoms with E-state index in [1.165, 1.54) is 4.31 Å². The van der Waals surface area contributed by atoms with Crippen LogP contribution >= 0.6 is 23.2 Å². The van der Waals surface area contributed by atoms with Gasteiger partial charge in [-0.3, -0.25) is 4.79 Å². The second kappa shape index (κ2) is 7.82. The molecule has 0 aliphatic carbocycles. The number of nitrogens with one attached hydrogen (secondary N) is 1. The summed E-state index contributed by atoms with van der Waals surface area (Å²) < 4.78 is 27.0. The Morgan fingerprint density at radius 2 is 1.88 bits per heavy atom. The number of benzene rings is 1. The Balaban J connectivity index is 2.13. The Bertz CT molecular complexity index is 725. The minimum atomic E-state index is -3.61. The fourth-order valence-corrected chi connectivity index (χ4v) is 5.19. The summed E-state index contributed by atoms with van der Waals surface area (Å²) in [5.74, 6) is -0.716. The van der Waals surface area contributed by atoms with E-state index < -0.39 is 10.0 Å². The first-order valence-electron chi connectivity index (χ1n) is 8.22. The Morgan fingerprint density at radius 3 is 2.44 bits per heavy atom. The molecule has 5 nitrogen and oxygen atoms in total. The molecule has 25 heavy (non-hydrogen) atoms. The minimum absolute atomic E-state index is 0.108. The molecule has 1 saturated heterocycles. The Morgan fingerprint density at radius 1 is 1.28 bits per heavy atom. The maximum absolute atomic E-state index is 12.8. The zero-order valence-corrected chi connectivity index (χ0v) is 17.0. The Labute approximate surface area is 159 Å². The fraction of sp³-hybridized carbons (Fsp3) is 0.588. The predicted octanol–water partition coefficient (Wildman–Crippen LogP) is 3.45.